The van der Waals surface area contributed by atoms with Gasteiger partial charge in [-0.25, -0.2) is 14.6 Å². The third kappa shape index (κ3) is 2.57. The van der Waals surface area contributed by atoms with Gasteiger partial charge >= 0.3 is 5.97 Å². The minimum atomic E-state index is -0.964. The van der Waals surface area contributed by atoms with E-state index in [0.717, 1.165) is 12.1 Å². The fourth-order valence-electron chi connectivity index (χ4n) is 2.74. The molecule has 0 saturated carbocycles. The minimum Gasteiger partial charge on any atom is -0.480 e. The Hall–Kier alpha value is -2.74. The lowest BCUT2D eigenvalue weighted by Gasteiger charge is -2.00. The van der Waals surface area contributed by atoms with Gasteiger partial charge in [-0.05, 0) is 18.6 Å². The first kappa shape index (κ1) is 13.9. The fraction of sp³-hybridized carbons (Fsp3) is 0.333. The molecule has 3 aromatic heterocycles. The highest BCUT2D eigenvalue weighted by atomic mass is 16.5. The number of rotatable bonds is 4. The number of imidazole rings is 1. The van der Waals surface area contributed by atoms with Gasteiger partial charge in [-0.15, -0.1) is 0 Å². The van der Waals surface area contributed by atoms with Crippen LogP contribution in [0, 0.1) is 0 Å². The number of ether oxygens (including phenoxy) is 1. The van der Waals surface area contributed by atoms with E-state index in [9.17, 15) is 4.79 Å². The van der Waals surface area contributed by atoms with Crippen molar-refractivity contribution in [3.8, 4) is 11.5 Å². The Labute approximate surface area is 131 Å². The van der Waals surface area contributed by atoms with E-state index in [2.05, 4.69) is 15.1 Å². The van der Waals surface area contributed by atoms with Crippen LogP contribution in [0.3, 0.4) is 0 Å². The molecule has 8 heteroatoms. The van der Waals surface area contributed by atoms with Crippen molar-refractivity contribution in [2.24, 2.45) is 0 Å². The number of aliphatic carboxylic acids is 1. The molecular weight excluding hydrogens is 298 g/mol. The van der Waals surface area contributed by atoms with Crippen molar-refractivity contribution in [1.82, 2.24) is 24.1 Å². The van der Waals surface area contributed by atoms with E-state index < -0.39 is 5.97 Å². The number of hydrogen-bond acceptors (Lipinski definition) is 5. The van der Waals surface area contributed by atoms with Gasteiger partial charge in [0, 0.05) is 24.9 Å². The van der Waals surface area contributed by atoms with E-state index in [-0.39, 0.29) is 12.5 Å². The van der Waals surface area contributed by atoms with Crippen LogP contribution in [0.2, 0.25) is 0 Å². The molecule has 3 aromatic rings. The Bertz CT molecular complexity index is 830. The van der Waals surface area contributed by atoms with Crippen LogP contribution in [0.25, 0.3) is 17.2 Å². The maximum Gasteiger partial charge on any atom is 0.325 e. The zero-order chi connectivity index (χ0) is 15.8. The van der Waals surface area contributed by atoms with E-state index in [0.29, 0.717) is 30.6 Å². The third-order valence-electron chi connectivity index (χ3n) is 3.86. The number of aromatic nitrogens is 5. The first-order valence-corrected chi connectivity index (χ1v) is 7.39. The largest absolute Gasteiger partial charge is 0.480 e. The second kappa shape index (κ2) is 5.47. The summed E-state index contributed by atoms with van der Waals surface area (Å²) in [5.41, 5.74) is 1.38. The van der Waals surface area contributed by atoms with Gasteiger partial charge in [0.15, 0.2) is 11.6 Å². The van der Waals surface area contributed by atoms with Gasteiger partial charge in [-0.1, -0.05) is 6.07 Å². The lowest BCUT2D eigenvalue weighted by atomic mass is 10.1. The lowest BCUT2D eigenvalue weighted by Crippen LogP contribution is -2.12. The van der Waals surface area contributed by atoms with Crippen molar-refractivity contribution in [1.29, 1.82) is 0 Å². The van der Waals surface area contributed by atoms with Gasteiger partial charge in [-0.2, -0.15) is 5.10 Å². The summed E-state index contributed by atoms with van der Waals surface area (Å²) in [6.07, 6.45) is 4.56. The Kier molecular flexibility index (Phi) is 3.30. The molecule has 0 aromatic carbocycles. The molecule has 0 bridgehead atoms. The molecule has 1 saturated heterocycles. The van der Waals surface area contributed by atoms with E-state index in [1.54, 1.807) is 0 Å². The second-order valence-corrected chi connectivity index (χ2v) is 5.50. The fourth-order valence-corrected chi connectivity index (χ4v) is 2.74. The predicted octanol–water partition coefficient (Wildman–Crippen LogP) is 1.18. The molecule has 0 spiro atoms. The molecule has 23 heavy (non-hydrogen) atoms. The average Bonchev–Trinajstić information content (AvgIpc) is 3.25. The van der Waals surface area contributed by atoms with Gasteiger partial charge < -0.3 is 14.2 Å². The average molecular weight is 313 g/mol. The SMILES string of the molecule is O=C(O)Cn1nc([C@@H]2CCOC2)nc1-c1cn2ccccc2n1. The summed E-state index contributed by atoms with van der Waals surface area (Å²) in [6, 6.07) is 5.68. The van der Waals surface area contributed by atoms with Crippen LogP contribution in [0.4, 0.5) is 0 Å². The van der Waals surface area contributed by atoms with Crippen LogP contribution in [0.5, 0.6) is 0 Å². The summed E-state index contributed by atoms with van der Waals surface area (Å²) in [5, 5.41) is 13.5. The summed E-state index contributed by atoms with van der Waals surface area (Å²) in [7, 11) is 0. The van der Waals surface area contributed by atoms with Crippen LogP contribution >= 0.6 is 0 Å². The number of fused-ring (bicyclic) bond motifs is 1. The zero-order valence-corrected chi connectivity index (χ0v) is 12.3. The molecule has 1 N–H and O–H groups in total. The molecule has 4 rings (SSSR count). The quantitative estimate of drug-likeness (QED) is 0.777. The maximum atomic E-state index is 11.1. The monoisotopic (exact) mass is 313 g/mol. The summed E-state index contributed by atoms with van der Waals surface area (Å²) < 4.78 is 8.64. The molecule has 0 unspecified atom stereocenters. The molecule has 0 radical (unpaired) electrons. The Morgan fingerprint density at radius 2 is 2.30 bits per heavy atom. The summed E-state index contributed by atoms with van der Waals surface area (Å²) in [6.45, 7) is 1.01. The van der Waals surface area contributed by atoms with Crippen LogP contribution in [-0.4, -0.2) is 48.4 Å². The van der Waals surface area contributed by atoms with Crippen LogP contribution in [-0.2, 0) is 16.1 Å². The second-order valence-electron chi connectivity index (χ2n) is 5.50. The molecule has 8 nitrogen and oxygen atoms in total. The van der Waals surface area contributed by atoms with Crippen LogP contribution in [0.1, 0.15) is 18.2 Å². The molecular formula is C15H15N5O3. The van der Waals surface area contributed by atoms with Gasteiger partial charge in [0.05, 0.1) is 6.61 Å². The highest BCUT2D eigenvalue weighted by Gasteiger charge is 2.25. The Morgan fingerprint density at radius 3 is 3.04 bits per heavy atom. The molecule has 4 heterocycles. The Morgan fingerprint density at radius 1 is 1.39 bits per heavy atom. The number of carbonyl (C=O) groups is 1. The highest BCUT2D eigenvalue weighted by molar-refractivity contribution is 5.67. The first-order valence-electron chi connectivity index (χ1n) is 7.39. The number of hydrogen-bond donors (Lipinski definition) is 1. The maximum absolute atomic E-state index is 11.1. The smallest absolute Gasteiger partial charge is 0.325 e. The molecule has 1 aliphatic rings. The van der Waals surface area contributed by atoms with E-state index in [1.807, 2.05) is 35.0 Å². The summed E-state index contributed by atoms with van der Waals surface area (Å²) in [4.78, 5) is 20.2. The van der Waals surface area contributed by atoms with Gasteiger partial charge in [0.1, 0.15) is 17.9 Å². The van der Waals surface area contributed by atoms with E-state index >= 15 is 0 Å². The number of carboxylic acid groups (broad SMARTS) is 1. The molecule has 0 amide bonds. The molecule has 118 valence electrons. The van der Waals surface area contributed by atoms with Gasteiger partial charge in [0.2, 0.25) is 0 Å². The number of nitrogens with zero attached hydrogens (tertiary/aromatic N) is 5. The molecule has 1 fully saturated rings. The molecule has 1 aliphatic heterocycles. The van der Waals surface area contributed by atoms with Crippen molar-refractivity contribution in [2.45, 2.75) is 18.9 Å². The van der Waals surface area contributed by atoms with Crippen molar-refractivity contribution in [3.63, 3.8) is 0 Å². The normalized spacial score (nSPS) is 17.8. The van der Waals surface area contributed by atoms with Crippen molar-refractivity contribution in [2.75, 3.05) is 13.2 Å². The summed E-state index contributed by atoms with van der Waals surface area (Å²) >= 11 is 0. The van der Waals surface area contributed by atoms with Crippen molar-refractivity contribution in [3.05, 3.63) is 36.4 Å². The minimum absolute atomic E-state index is 0.112. The highest BCUT2D eigenvalue weighted by Crippen LogP contribution is 2.25. The van der Waals surface area contributed by atoms with E-state index in [1.165, 1.54) is 4.68 Å². The third-order valence-corrected chi connectivity index (χ3v) is 3.86. The Balaban J connectivity index is 1.79. The standard InChI is InChI=1S/C15H15N5O3/c21-13(22)8-20-15(17-14(18-20)10-4-6-23-9-10)11-7-19-5-2-1-3-12(19)16-11/h1-3,5,7,10H,4,6,8-9H2,(H,21,22)/t10-/m1/s1. The van der Waals surface area contributed by atoms with Crippen LogP contribution in [0.15, 0.2) is 30.6 Å². The zero-order valence-electron chi connectivity index (χ0n) is 12.3. The van der Waals surface area contributed by atoms with Crippen molar-refractivity contribution >= 4 is 11.6 Å². The topological polar surface area (TPSA) is 94.5 Å². The molecule has 0 aliphatic carbocycles. The summed E-state index contributed by atoms with van der Waals surface area (Å²) in [5.74, 6) is 0.240. The predicted molar refractivity (Wildman–Crippen MR) is 80.0 cm³/mol. The first-order chi connectivity index (χ1) is 11.2. The molecule has 1 atom stereocenters. The number of pyridine rings is 1. The van der Waals surface area contributed by atoms with Crippen LogP contribution < -0.4 is 0 Å². The van der Waals surface area contributed by atoms with E-state index in [4.69, 9.17) is 9.84 Å². The number of carboxylic acids is 1. The lowest BCUT2D eigenvalue weighted by molar-refractivity contribution is -0.137. The van der Waals surface area contributed by atoms with Gasteiger partial charge in [-0.3, -0.25) is 4.79 Å². The van der Waals surface area contributed by atoms with Crippen molar-refractivity contribution < 1.29 is 14.6 Å². The van der Waals surface area contributed by atoms with Gasteiger partial charge in [0.25, 0.3) is 0 Å².